The van der Waals surface area contributed by atoms with Crippen LogP contribution in [0.15, 0.2) is 5.16 Å². The second kappa shape index (κ2) is 2.58. The van der Waals surface area contributed by atoms with Crippen LogP contribution < -0.4 is 0 Å². The summed E-state index contributed by atoms with van der Waals surface area (Å²) in [4.78, 5) is 8.76. The fraction of sp³-hybridized carbons (Fsp3) is 0.750. The Morgan fingerprint density at radius 1 is 1.57 bits per heavy atom. The maximum absolute atomic E-state index is 4.50. The van der Waals surface area contributed by atoms with Gasteiger partial charge in [-0.05, 0) is 12.8 Å². The number of nitrogens with zero attached hydrogens (tertiary/aromatic N) is 1. The van der Waals surface area contributed by atoms with Crippen molar-refractivity contribution in [3.05, 3.63) is 0 Å². The molecular weight excluding hydrogens is 94.0 g/mol. The first kappa shape index (κ1) is 4.59. The van der Waals surface area contributed by atoms with Crippen molar-refractivity contribution >= 4 is 6.21 Å². The van der Waals surface area contributed by atoms with Crippen molar-refractivity contribution in [2.45, 2.75) is 12.8 Å². The molecule has 1 heterocycles. The van der Waals surface area contributed by atoms with Crippen LogP contribution in [0.5, 0.6) is 0 Å². The van der Waals surface area contributed by atoms with Crippen LogP contribution in [0.1, 0.15) is 12.8 Å². The first-order valence-electron chi connectivity index (χ1n) is 2.30. The van der Waals surface area contributed by atoms with Crippen LogP contribution in [0.3, 0.4) is 0 Å². The summed E-state index contributed by atoms with van der Waals surface area (Å²) in [6.45, 7) is 0.653. The standard InChI is InChI=1S/C4H7NO2/c1-2-4-6-7-5-3-1/h3H,1-2,4H2. The smallest absolute Gasteiger partial charge is 0.0968 e. The van der Waals surface area contributed by atoms with Crippen molar-refractivity contribution in [2.75, 3.05) is 6.61 Å². The highest BCUT2D eigenvalue weighted by atomic mass is 17.3. The van der Waals surface area contributed by atoms with Gasteiger partial charge in [0.25, 0.3) is 0 Å². The molecule has 0 aliphatic carbocycles. The quantitative estimate of drug-likeness (QED) is 0.421. The Kier molecular flexibility index (Phi) is 1.69. The molecule has 0 amide bonds. The van der Waals surface area contributed by atoms with E-state index in [-0.39, 0.29) is 0 Å². The SMILES string of the molecule is C1=NOOCCC1. The predicted molar refractivity (Wildman–Crippen MR) is 24.8 cm³/mol. The Morgan fingerprint density at radius 2 is 2.57 bits per heavy atom. The molecule has 0 N–H and O–H groups in total. The number of oxime groups is 1. The number of hydrogen-bond donors (Lipinski definition) is 0. The zero-order valence-corrected chi connectivity index (χ0v) is 3.96. The Hall–Kier alpha value is -0.570. The van der Waals surface area contributed by atoms with Gasteiger partial charge in [0.05, 0.1) is 6.61 Å². The summed E-state index contributed by atoms with van der Waals surface area (Å²) < 4.78 is 0. The first-order valence-corrected chi connectivity index (χ1v) is 2.30. The third-order valence-electron chi connectivity index (χ3n) is 0.731. The van der Waals surface area contributed by atoms with Gasteiger partial charge in [0, 0.05) is 6.21 Å². The van der Waals surface area contributed by atoms with Gasteiger partial charge in [0.1, 0.15) is 0 Å². The fourth-order valence-electron chi connectivity index (χ4n) is 0.384. The molecule has 3 nitrogen and oxygen atoms in total. The molecule has 0 bridgehead atoms. The minimum atomic E-state index is 0.653. The lowest BCUT2D eigenvalue weighted by atomic mass is 10.3. The van der Waals surface area contributed by atoms with Crippen molar-refractivity contribution in [2.24, 2.45) is 5.16 Å². The van der Waals surface area contributed by atoms with E-state index in [9.17, 15) is 0 Å². The molecule has 0 saturated heterocycles. The van der Waals surface area contributed by atoms with E-state index in [0.717, 1.165) is 12.8 Å². The maximum Gasteiger partial charge on any atom is 0.0968 e. The minimum Gasteiger partial charge on any atom is -0.221 e. The Morgan fingerprint density at radius 3 is 3.57 bits per heavy atom. The third-order valence-corrected chi connectivity index (χ3v) is 0.731. The largest absolute Gasteiger partial charge is 0.221 e. The maximum atomic E-state index is 4.50. The van der Waals surface area contributed by atoms with Crippen LogP contribution in [-0.2, 0) is 9.88 Å². The van der Waals surface area contributed by atoms with Crippen molar-refractivity contribution in [3.8, 4) is 0 Å². The highest BCUT2D eigenvalue weighted by molar-refractivity contribution is 5.56. The summed E-state index contributed by atoms with van der Waals surface area (Å²) >= 11 is 0. The van der Waals surface area contributed by atoms with Gasteiger partial charge in [0.2, 0.25) is 0 Å². The minimum absolute atomic E-state index is 0.653. The summed E-state index contributed by atoms with van der Waals surface area (Å²) in [5.74, 6) is 0. The van der Waals surface area contributed by atoms with Crippen molar-refractivity contribution in [1.82, 2.24) is 0 Å². The van der Waals surface area contributed by atoms with E-state index in [2.05, 4.69) is 15.0 Å². The molecule has 0 aromatic heterocycles. The van der Waals surface area contributed by atoms with Crippen LogP contribution in [0.4, 0.5) is 0 Å². The average Bonchev–Trinajstić information content (AvgIpc) is 1.90. The molecule has 1 rings (SSSR count). The fourth-order valence-corrected chi connectivity index (χ4v) is 0.384. The summed E-state index contributed by atoms with van der Waals surface area (Å²) in [6, 6.07) is 0. The van der Waals surface area contributed by atoms with Crippen molar-refractivity contribution in [3.63, 3.8) is 0 Å². The summed E-state index contributed by atoms with van der Waals surface area (Å²) in [5.41, 5.74) is 0. The van der Waals surface area contributed by atoms with Gasteiger partial charge in [-0.3, -0.25) is 0 Å². The lowest BCUT2D eigenvalue weighted by molar-refractivity contribution is -0.292. The molecule has 3 heteroatoms. The van der Waals surface area contributed by atoms with Crippen LogP contribution in [0.25, 0.3) is 0 Å². The van der Waals surface area contributed by atoms with Crippen LogP contribution >= 0.6 is 0 Å². The van der Waals surface area contributed by atoms with Crippen molar-refractivity contribution in [1.29, 1.82) is 0 Å². The monoisotopic (exact) mass is 101 g/mol. The van der Waals surface area contributed by atoms with E-state index in [1.54, 1.807) is 6.21 Å². The molecule has 0 aromatic rings. The second-order valence-corrected chi connectivity index (χ2v) is 1.33. The zero-order chi connectivity index (χ0) is 4.95. The van der Waals surface area contributed by atoms with Gasteiger partial charge in [-0.25, -0.2) is 4.99 Å². The molecule has 0 saturated carbocycles. The van der Waals surface area contributed by atoms with Crippen molar-refractivity contribution < 1.29 is 9.88 Å². The first-order chi connectivity index (χ1) is 3.50. The highest BCUT2D eigenvalue weighted by Gasteiger charge is 1.90. The predicted octanol–water partition coefficient (Wildman–Crippen LogP) is 0.714. The molecule has 0 fully saturated rings. The molecular formula is C4H7NO2. The molecule has 7 heavy (non-hydrogen) atoms. The number of rotatable bonds is 0. The Balaban J connectivity index is 2.20. The van der Waals surface area contributed by atoms with Crippen LogP contribution in [0.2, 0.25) is 0 Å². The third kappa shape index (κ3) is 1.55. The molecule has 1 aliphatic rings. The topological polar surface area (TPSA) is 30.8 Å². The molecule has 0 spiro atoms. The van der Waals surface area contributed by atoms with E-state index < -0.39 is 0 Å². The van der Waals surface area contributed by atoms with E-state index in [1.165, 1.54) is 0 Å². The van der Waals surface area contributed by atoms with Crippen LogP contribution in [0, 0.1) is 0 Å². The summed E-state index contributed by atoms with van der Waals surface area (Å²) in [7, 11) is 0. The molecule has 0 unspecified atom stereocenters. The van der Waals surface area contributed by atoms with Gasteiger partial charge in [0.15, 0.2) is 0 Å². The Labute approximate surface area is 41.8 Å². The molecule has 0 aromatic carbocycles. The normalized spacial score (nSPS) is 20.6. The van der Waals surface area contributed by atoms with Gasteiger partial charge in [-0.15, -0.1) is 0 Å². The van der Waals surface area contributed by atoms with Crippen LogP contribution in [-0.4, -0.2) is 12.8 Å². The summed E-state index contributed by atoms with van der Waals surface area (Å²) in [6.07, 6.45) is 3.66. The van der Waals surface area contributed by atoms with Gasteiger partial charge < -0.3 is 0 Å². The zero-order valence-electron chi connectivity index (χ0n) is 3.96. The second-order valence-electron chi connectivity index (χ2n) is 1.33. The lowest BCUT2D eigenvalue weighted by Crippen LogP contribution is -1.86. The molecule has 0 atom stereocenters. The lowest BCUT2D eigenvalue weighted by Gasteiger charge is -1.88. The molecule has 40 valence electrons. The van der Waals surface area contributed by atoms with Gasteiger partial charge in [-0.1, -0.05) is 5.16 Å². The number of hydrogen-bond acceptors (Lipinski definition) is 3. The molecule has 1 aliphatic heterocycles. The van der Waals surface area contributed by atoms with E-state index >= 15 is 0 Å². The van der Waals surface area contributed by atoms with E-state index in [1.807, 2.05) is 0 Å². The van der Waals surface area contributed by atoms with E-state index in [0.29, 0.717) is 6.61 Å². The van der Waals surface area contributed by atoms with Gasteiger partial charge in [-0.2, -0.15) is 4.89 Å². The molecule has 0 radical (unpaired) electrons. The highest BCUT2D eigenvalue weighted by Crippen LogP contribution is 1.93. The average molecular weight is 101 g/mol. The van der Waals surface area contributed by atoms with Gasteiger partial charge >= 0.3 is 0 Å². The Bertz CT molecular complexity index is 64.1. The summed E-state index contributed by atoms with van der Waals surface area (Å²) in [5, 5.41) is 3.42. The van der Waals surface area contributed by atoms with E-state index in [4.69, 9.17) is 0 Å².